The van der Waals surface area contributed by atoms with E-state index in [9.17, 15) is 22.0 Å². The van der Waals surface area contributed by atoms with Crippen molar-refractivity contribution in [2.75, 3.05) is 30.5 Å². The van der Waals surface area contributed by atoms with Crippen LogP contribution in [-0.2, 0) is 16.4 Å². The van der Waals surface area contributed by atoms with Gasteiger partial charge in [-0.1, -0.05) is 24.3 Å². The van der Waals surface area contributed by atoms with E-state index in [1.54, 1.807) is 23.1 Å². The van der Waals surface area contributed by atoms with Gasteiger partial charge in [0.05, 0.1) is 17.1 Å². The van der Waals surface area contributed by atoms with E-state index in [-0.39, 0.29) is 29.0 Å². The lowest BCUT2D eigenvalue weighted by molar-refractivity contribution is 0.0696. The summed E-state index contributed by atoms with van der Waals surface area (Å²) >= 11 is 0. The second kappa shape index (κ2) is 8.92. The molecule has 1 amide bonds. The maximum atomic E-state index is 13.2. The minimum absolute atomic E-state index is 0.0728. The highest BCUT2D eigenvalue weighted by Gasteiger charge is 2.31. The number of hydrogen-bond acceptors (Lipinski definition) is 4. The zero-order valence-electron chi connectivity index (χ0n) is 17.0. The maximum absolute atomic E-state index is 13.2. The van der Waals surface area contributed by atoms with Crippen LogP contribution < -0.4 is 9.62 Å². The first-order chi connectivity index (χ1) is 14.8. The van der Waals surface area contributed by atoms with Crippen molar-refractivity contribution in [2.24, 2.45) is 0 Å². The number of rotatable bonds is 6. The standard InChI is InChI=1S/C22H25F2N3O3S/c23-21(24)15-26-11-9-18(10-12-26)25-22(28)17-5-3-6-19(14-17)31(29,30)27-13-8-16-4-1-2-7-20(16)27/h1-7,14,18,21H,8-13,15H2,(H,25,28). The first-order valence-corrected chi connectivity index (χ1v) is 11.8. The molecular weight excluding hydrogens is 424 g/mol. The van der Waals surface area contributed by atoms with Gasteiger partial charge in [-0.05, 0) is 49.1 Å². The molecule has 2 aliphatic heterocycles. The number of carbonyl (C=O) groups is 1. The molecule has 9 heteroatoms. The number of halogens is 2. The number of alkyl halides is 2. The molecule has 0 atom stereocenters. The number of carbonyl (C=O) groups excluding carboxylic acids is 1. The van der Waals surface area contributed by atoms with Crippen LogP contribution in [0.15, 0.2) is 53.4 Å². The summed E-state index contributed by atoms with van der Waals surface area (Å²) in [7, 11) is -3.78. The Morgan fingerprint density at radius 3 is 2.55 bits per heavy atom. The van der Waals surface area contributed by atoms with E-state index in [1.165, 1.54) is 16.4 Å². The fraction of sp³-hybridized carbons (Fsp3) is 0.409. The van der Waals surface area contributed by atoms with Crippen molar-refractivity contribution in [3.05, 3.63) is 59.7 Å². The summed E-state index contributed by atoms with van der Waals surface area (Å²) in [5.74, 6) is -0.355. The van der Waals surface area contributed by atoms with Gasteiger partial charge in [0.25, 0.3) is 22.4 Å². The lowest BCUT2D eigenvalue weighted by Gasteiger charge is -2.32. The van der Waals surface area contributed by atoms with Crippen molar-refractivity contribution < 1.29 is 22.0 Å². The molecule has 2 heterocycles. The maximum Gasteiger partial charge on any atom is 0.264 e. The molecule has 4 rings (SSSR count). The lowest BCUT2D eigenvalue weighted by Crippen LogP contribution is -2.45. The van der Waals surface area contributed by atoms with Crippen LogP contribution in [0, 0.1) is 0 Å². The van der Waals surface area contributed by atoms with Gasteiger partial charge in [0.2, 0.25) is 0 Å². The zero-order valence-corrected chi connectivity index (χ0v) is 17.8. The van der Waals surface area contributed by atoms with Crippen LogP contribution in [0.1, 0.15) is 28.8 Å². The van der Waals surface area contributed by atoms with Crippen LogP contribution in [0.4, 0.5) is 14.5 Å². The van der Waals surface area contributed by atoms with Crippen molar-refractivity contribution in [1.29, 1.82) is 0 Å². The molecule has 0 spiro atoms. The number of para-hydroxylation sites is 1. The predicted octanol–water partition coefficient (Wildman–Crippen LogP) is 2.90. The largest absolute Gasteiger partial charge is 0.349 e. The molecule has 2 aromatic carbocycles. The lowest BCUT2D eigenvalue weighted by atomic mass is 10.0. The van der Waals surface area contributed by atoms with Gasteiger partial charge in [-0.15, -0.1) is 0 Å². The summed E-state index contributed by atoms with van der Waals surface area (Å²) in [5, 5.41) is 2.91. The molecule has 166 valence electrons. The Morgan fingerprint density at radius 1 is 1.06 bits per heavy atom. The molecule has 0 radical (unpaired) electrons. The van der Waals surface area contributed by atoms with Gasteiger partial charge >= 0.3 is 0 Å². The van der Waals surface area contributed by atoms with Crippen LogP contribution in [0.2, 0.25) is 0 Å². The van der Waals surface area contributed by atoms with E-state index >= 15 is 0 Å². The second-order valence-corrected chi connectivity index (χ2v) is 9.79. The first kappa shape index (κ1) is 21.7. The number of likely N-dealkylation sites (tertiary alicyclic amines) is 1. The summed E-state index contributed by atoms with van der Waals surface area (Å²) in [6.07, 6.45) is -0.541. The fourth-order valence-electron chi connectivity index (χ4n) is 4.21. The fourth-order valence-corrected chi connectivity index (χ4v) is 5.76. The van der Waals surface area contributed by atoms with Crippen molar-refractivity contribution >= 4 is 21.6 Å². The normalized spacial score (nSPS) is 17.7. The van der Waals surface area contributed by atoms with Gasteiger partial charge in [0, 0.05) is 31.2 Å². The molecule has 0 bridgehead atoms. The number of sulfonamides is 1. The minimum Gasteiger partial charge on any atom is -0.349 e. The highest BCUT2D eigenvalue weighted by Crippen LogP contribution is 2.32. The summed E-state index contributed by atoms with van der Waals surface area (Å²) in [5.41, 5.74) is 1.93. The smallest absolute Gasteiger partial charge is 0.264 e. The summed E-state index contributed by atoms with van der Waals surface area (Å²) in [6, 6.07) is 13.3. The predicted molar refractivity (Wildman–Crippen MR) is 114 cm³/mol. The van der Waals surface area contributed by atoms with E-state index in [0.29, 0.717) is 44.6 Å². The van der Waals surface area contributed by atoms with Gasteiger partial charge < -0.3 is 5.32 Å². The number of hydrogen-bond donors (Lipinski definition) is 1. The Hall–Kier alpha value is -2.52. The van der Waals surface area contributed by atoms with E-state index in [4.69, 9.17) is 0 Å². The summed E-state index contributed by atoms with van der Waals surface area (Å²) in [6.45, 7) is 1.12. The third-order valence-electron chi connectivity index (χ3n) is 5.85. The molecular formula is C22H25F2N3O3S. The Kier molecular flexibility index (Phi) is 6.24. The number of benzene rings is 2. The van der Waals surface area contributed by atoms with Crippen molar-refractivity contribution in [3.8, 4) is 0 Å². The minimum atomic E-state index is -3.78. The molecule has 1 N–H and O–H groups in total. The molecule has 0 aromatic heterocycles. The number of amides is 1. The molecule has 1 fully saturated rings. The van der Waals surface area contributed by atoms with Gasteiger partial charge in [-0.3, -0.25) is 14.0 Å². The topological polar surface area (TPSA) is 69.7 Å². The number of nitrogens with zero attached hydrogens (tertiary/aromatic N) is 2. The Labute approximate surface area is 180 Å². The molecule has 1 saturated heterocycles. The van der Waals surface area contributed by atoms with Crippen LogP contribution in [0.25, 0.3) is 0 Å². The van der Waals surface area contributed by atoms with E-state index in [1.807, 2.05) is 18.2 Å². The Bertz CT molecular complexity index is 1050. The number of nitrogens with one attached hydrogen (secondary N) is 1. The first-order valence-electron chi connectivity index (χ1n) is 10.4. The average molecular weight is 450 g/mol. The highest BCUT2D eigenvalue weighted by atomic mass is 32.2. The van der Waals surface area contributed by atoms with Gasteiger partial charge in [-0.2, -0.15) is 0 Å². The zero-order chi connectivity index (χ0) is 22.0. The van der Waals surface area contributed by atoms with E-state index < -0.39 is 16.4 Å². The molecule has 31 heavy (non-hydrogen) atoms. The van der Waals surface area contributed by atoms with Crippen LogP contribution in [0.5, 0.6) is 0 Å². The Balaban J connectivity index is 1.44. The SMILES string of the molecule is O=C(NC1CCN(CC(F)F)CC1)c1cccc(S(=O)(=O)N2CCc3ccccc32)c1. The highest BCUT2D eigenvalue weighted by molar-refractivity contribution is 7.92. The monoisotopic (exact) mass is 449 g/mol. The van der Waals surface area contributed by atoms with Crippen molar-refractivity contribution in [1.82, 2.24) is 10.2 Å². The summed E-state index contributed by atoms with van der Waals surface area (Å²) < 4.78 is 52.8. The van der Waals surface area contributed by atoms with E-state index in [0.717, 1.165) is 5.56 Å². The van der Waals surface area contributed by atoms with Crippen molar-refractivity contribution in [2.45, 2.75) is 36.6 Å². The molecule has 2 aliphatic rings. The van der Waals surface area contributed by atoms with Crippen LogP contribution in [-0.4, -0.2) is 57.9 Å². The third-order valence-corrected chi connectivity index (χ3v) is 7.66. The van der Waals surface area contributed by atoms with Crippen LogP contribution >= 0.6 is 0 Å². The number of fused-ring (bicyclic) bond motifs is 1. The molecule has 0 aliphatic carbocycles. The van der Waals surface area contributed by atoms with Gasteiger partial charge in [-0.25, -0.2) is 17.2 Å². The third kappa shape index (κ3) is 4.72. The molecule has 6 nitrogen and oxygen atoms in total. The van der Waals surface area contributed by atoms with E-state index in [2.05, 4.69) is 5.32 Å². The van der Waals surface area contributed by atoms with Crippen molar-refractivity contribution in [3.63, 3.8) is 0 Å². The van der Waals surface area contributed by atoms with Gasteiger partial charge in [0.1, 0.15) is 0 Å². The second-order valence-electron chi connectivity index (χ2n) is 7.92. The quantitative estimate of drug-likeness (QED) is 0.736. The molecule has 0 saturated carbocycles. The van der Waals surface area contributed by atoms with Gasteiger partial charge in [0.15, 0.2) is 0 Å². The number of anilines is 1. The average Bonchev–Trinajstić information content (AvgIpc) is 3.20. The molecule has 0 unspecified atom stereocenters. The van der Waals surface area contributed by atoms with Crippen LogP contribution in [0.3, 0.4) is 0 Å². The summed E-state index contributed by atoms with van der Waals surface area (Å²) in [4.78, 5) is 14.5. The number of piperidine rings is 1. The Morgan fingerprint density at radius 2 is 1.81 bits per heavy atom. The molecule has 2 aromatic rings.